The molecule has 14 heavy (non-hydrogen) atoms. The Balaban J connectivity index is 2.86. The first-order valence-electron chi connectivity index (χ1n) is 4.62. The first kappa shape index (κ1) is 11.1. The number of aryl methyl sites for hydroxylation is 1. The van der Waals surface area contributed by atoms with Crippen LogP contribution in [0.5, 0.6) is 0 Å². The van der Waals surface area contributed by atoms with Crippen LogP contribution in [0.15, 0.2) is 24.3 Å². The van der Waals surface area contributed by atoms with E-state index in [1.807, 2.05) is 6.92 Å². The molecule has 1 atom stereocenters. The van der Waals surface area contributed by atoms with Gasteiger partial charge in [0.05, 0.1) is 0 Å². The molecule has 0 spiro atoms. The monoisotopic (exact) mass is 199 g/mol. The summed E-state index contributed by atoms with van der Waals surface area (Å²) < 4.78 is 26.9. The van der Waals surface area contributed by atoms with Crippen molar-refractivity contribution in [2.45, 2.75) is 32.2 Å². The van der Waals surface area contributed by atoms with Crippen LogP contribution in [0.3, 0.4) is 0 Å². The van der Waals surface area contributed by atoms with Gasteiger partial charge >= 0.3 is 0 Å². The molecule has 0 aliphatic heterocycles. The van der Waals surface area contributed by atoms with Crippen molar-refractivity contribution in [1.82, 2.24) is 0 Å². The fraction of sp³-hybridized carbons (Fsp3) is 0.455. The fourth-order valence-electron chi connectivity index (χ4n) is 1.32. The first-order chi connectivity index (χ1) is 6.42. The zero-order chi connectivity index (χ0) is 10.8. The van der Waals surface area contributed by atoms with Gasteiger partial charge in [0.1, 0.15) is 0 Å². The number of alkyl halides is 2. The van der Waals surface area contributed by atoms with E-state index in [0.29, 0.717) is 0 Å². The second-order valence-corrected chi connectivity index (χ2v) is 3.75. The van der Waals surface area contributed by atoms with E-state index >= 15 is 0 Å². The molecule has 2 N–H and O–H groups in total. The highest BCUT2D eigenvalue weighted by molar-refractivity contribution is 5.25. The fourth-order valence-corrected chi connectivity index (χ4v) is 1.32. The average molecular weight is 199 g/mol. The molecule has 0 saturated heterocycles. The molecule has 0 radical (unpaired) electrons. The SMILES string of the molecule is Cc1ccc(C(F)(F)CC(C)N)cc1. The Labute approximate surface area is 82.9 Å². The third-order valence-corrected chi connectivity index (χ3v) is 2.05. The summed E-state index contributed by atoms with van der Waals surface area (Å²) in [6.07, 6.45) is -0.309. The molecule has 1 unspecified atom stereocenters. The van der Waals surface area contributed by atoms with Gasteiger partial charge in [0, 0.05) is 18.0 Å². The van der Waals surface area contributed by atoms with Crippen LogP contribution >= 0.6 is 0 Å². The van der Waals surface area contributed by atoms with Gasteiger partial charge in [0.2, 0.25) is 0 Å². The van der Waals surface area contributed by atoms with E-state index < -0.39 is 12.0 Å². The Bertz CT molecular complexity index is 291. The van der Waals surface area contributed by atoms with Crippen LogP contribution in [-0.2, 0) is 5.92 Å². The molecule has 1 nitrogen and oxygen atoms in total. The lowest BCUT2D eigenvalue weighted by Crippen LogP contribution is -2.26. The number of halogens is 2. The molecule has 0 fully saturated rings. The summed E-state index contributed by atoms with van der Waals surface area (Å²) in [7, 11) is 0. The third-order valence-electron chi connectivity index (χ3n) is 2.05. The topological polar surface area (TPSA) is 26.0 Å². The first-order valence-corrected chi connectivity index (χ1v) is 4.62. The lowest BCUT2D eigenvalue weighted by atomic mass is 10.0. The standard InChI is InChI=1S/C11H15F2N/c1-8-3-5-10(6-4-8)11(12,13)7-9(2)14/h3-6,9H,7,14H2,1-2H3. The van der Waals surface area contributed by atoms with Gasteiger partial charge in [0.15, 0.2) is 0 Å². The zero-order valence-electron chi connectivity index (χ0n) is 8.43. The van der Waals surface area contributed by atoms with Gasteiger partial charge in [0.25, 0.3) is 5.92 Å². The predicted octanol–water partition coefficient (Wildman–Crippen LogP) is 2.82. The Morgan fingerprint density at radius 3 is 2.21 bits per heavy atom. The molecule has 3 heteroatoms. The van der Waals surface area contributed by atoms with Gasteiger partial charge in [-0.1, -0.05) is 29.8 Å². The van der Waals surface area contributed by atoms with Gasteiger partial charge in [-0.25, -0.2) is 8.78 Å². The van der Waals surface area contributed by atoms with Crippen LogP contribution in [-0.4, -0.2) is 6.04 Å². The van der Waals surface area contributed by atoms with Crippen LogP contribution in [0, 0.1) is 6.92 Å². The second-order valence-electron chi connectivity index (χ2n) is 3.75. The minimum atomic E-state index is -2.82. The zero-order valence-corrected chi connectivity index (χ0v) is 8.43. The summed E-state index contributed by atoms with van der Waals surface area (Å²) in [5, 5.41) is 0. The number of hydrogen-bond donors (Lipinski definition) is 1. The van der Waals surface area contributed by atoms with Crippen molar-refractivity contribution in [2.75, 3.05) is 0 Å². The van der Waals surface area contributed by atoms with Crippen molar-refractivity contribution in [3.05, 3.63) is 35.4 Å². The van der Waals surface area contributed by atoms with Gasteiger partial charge in [-0.3, -0.25) is 0 Å². The molecule has 0 aromatic heterocycles. The van der Waals surface area contributed by atoms with E-state index in [4.69, 9.17) is 5.73 Å². The van der Waals surface area contributed by atoms with E-state index in [0.717, 1.165) is 5.56 Å². The molecule has 0 aliphatic rings. The largest absolute Gasteiger partial charge is 0.328 e. The van der Waals surface area contributed by atoms with Crippen molar-refractivity contribution in [1.29, 1.82) is 0 Å². The molecule has 0 heterocycles. The Kier molecular flexibility index (Phi) is 3.21. The normalized spacial score (nSPS) is 14.1. The maximum Gasteiger partial charge on any atom is 0.274 e. The predicted molar refractivity (Wildman–Crippen MR) is 53.3 cm³/mol. The van der Waals surface area contributed by atoms with Crippen molar-refractivity contribution >= 4 is 0 Å². The highest BCUT2D eigenvalue weighted by Gasteiger charge is 2.32. The highest BCUT2D eigenvalue weighted by Crippen LogP contribution is 2.32. The maximum absolute atomic E-state index is 13.5. The van der Waals surface area contributed by atoms with E-state index in [9.17, 15) is 8.78 Å². The van der Waals surface area contributed by atoms with Gasteiger partial charge in [-0.05, 0) is 13.8 Å². The quantitative estimate of drug-likeness (QED) is 0.795. The van der Waals surface area contributed by atoms with Crippen molar-refractivity contribution < 1.29 is 8.78 Å². The Morgan fingerprint density at radius 1 is 1.29 bits per heavy atom. The van der Waals surface area contributed by atoms with Crippen molar-refractivity contribution in [2.24, 2.45) is 5.73 Å². The molecule has 0 bridgehead atoms. The molecular weight excluding hydrogens is 184 g/mol. The van der Waals surface area contributed by atoms with E-state index in [1.165, 1.54) is 12.1 Å². The minimum absolute atomic E-state index is 0.0420. The van der Waals surface area contributed by atoms with Crippen LogP contribution in [0.2, 0.25) is 0 Å². The summed E-state index contributed by atoms with van der Waals surface area (Å²) in [6, 6.07) is 5.79. The Morgan fingerprint density at radius 2 is 1.79 bits per heavy atom. The lowest BCUT2D eigenvalue weighted by molar-refractivity contribution is -0.0181. The molecule has 1 rings (SSSR count). The van der Waals surface area contributed by atoms with Crippen LogP contribution in [0.25, 0.3) is 0 Å². The molecular formula is C11H15F2N. The molecule has 0 aliphatic carbocycles. The molecule has 1 aromatic carbocycles. The maximum atomic E-state index is 13.5. The summed E-state index contributed by atoms with van der Waals surface area (Å²) in [5.41, 5.74) is 6.38. The number of nitrogens with two attached hydrogens (primary N) is 1. The number of hydrogen-bond acceptors (Lipinski definition) is 1. The number of benzene rings is 1. The molecule has 1 aromatic rings. The lowest BCUT2D eigenvalue weighted by Gasteiger charge is -2.18. The highest BCUT2D eigenvalue weighted by atomic mass is 19.3. The summed E-state index contributed by atoms with van der Waals surface area (Å²) in [5.74, 6) is -2.82. The van der Waals surface area contributed by atoms with Crippen molar-refractivity contribution in [3.8, 4) is 0 Å². The van der Waals surface area contributed by atoms with E-state index in [1.54, 1.807) is 19.1 Å². The molecule has 0 saturated carbocycles. The molecule has 0 amide bonds. The third kappa shape index (κ3) is 2.77. The van der Waals surface area contributed by atoms with Gasteiger partial charge in [-0.15, -0.1) is 0 Å². The Hall–Kier alpha value is -0.960. The van der Waals surface area contributed by atoms with E-state index in [-0.39, 0.29) is 12.0 Å². The molecule has 78 valence electrons. The van der Waals surface area contributed by atoms with Crippen molar-refractivity contribution in [3.63, 3.8) is 0 Å². The van der Waals surface area contributed by atoms with Crippen LogP contribution < -0.4 is 5.73 Å². The van der Waals surface area contributed by atoms with Gasteiger partial charge < -0.3 is 5.73 Å². The second kappa shape index (κ2) is 4.05. The summed E-state index contributed by atoms with van der Waals surface area (Å²) in [4.78, 5) is 0. The van der Waals surface area contributed by atoms with Crippen LogP contribution in [0.1, 0.15) is 24.5 Å². The number of rotatable bonds is 3. The summed E-state index contributed by atoms with van der Waals surface area (Å²) >= 11 is 0. The smallest absolute Gasteiger partial charge is 0.274 e. The minimum Gasteiger partial charge on any atom is -0.328 e. The average Bonchev–Trinajstić information content (AvgIpc) is 2.02. The van der Waals surface area contributed by atoms with E-state index in [2.05, 4.69) is 0 Å². The summed E-state index contributed by atoms with van der Waals surface area (Å²) in [6.45, 7) is 3.45. The van der Waals surface area contributed by atoms with Gasteiger partial charge in [-0.2, -0.15) is 0 Å². The van der Waals surface area contributed by atoms with Crippen LogP contribution in [0.4, 0.5) is 8.78 Å².